The number of rotatable bonds is 5. The molecule has 0 aromatic rings. The second-order valence-corrected chi connectivity index (χ2v) is 3.73. The molecule has 78 valence electrons. The van der Waals surface area contributed by atoms with E-state index < -0.39 is 6.29 Å². The molecule has 3 nitrogen and oxygen atoms in total. The van der Waals surface area contributed by atoms with Gasteiger partial charge in [-0.15, -0.1) is 0 Å². The van der Waals surface area contributed by atoms with Gasteiger partial charge in [0.25, 0.3) is 0 Å². The smallest absolute Gasteiger partial charge is 0.151 e. The molecular formula is C10H21NO2. The third-order valence-electron chi connectivity index (χ3n) is 2.43. The molecule has 0 aliphatic carbocycles. The first kappa shape index (κ1) is 11.0. The average molecular weight is 187 g/mol. The topological polar surface area (TPSA) is 32.7 Å². The Morgan fingerprint density at radius 2 is 2.00 bits per heavy atom. The van der Waals surface area contributed by atoms with Gasteiger partial charge in [-0.3, -0.25) is 0 Å². The van der Waals surface area contributed by atoms with E-state index in [1.807, 2.05) is 0 Å². The highest BCUT2D eigenvalue weighted by Gasteiger charge is 2.08. The number of hydrogen-bond donors (Lipinski definition) is 1. The van der Waals surface area contributed by atoms with Crippen molar-refractivity contribution in [2.45, 2.75) is 38.9 Å². The maximum Gasteiger partial charge on any atom is 0.151 e. The summed E-state index contributed by atoms with van der Waals surface area (Å²) in [5.41, 5.74) is 0. The predicted molar refractivity (Wildman–Crippen MR) is 52.5 cm³/mol. The zero-order valence-electron chi connectivity index (χ0n) is 8.54. The molecule has 1 fully saturated rings. The van der Waals surface area contributed by atoms with Crippen LogP contribution in [0.15, 0.2) is 0 Å². The Bertz CT molecular complexity index is 122. The van der Waals surface area contributed by atoms with Gasteiger partial charge in [0.1, 0.15) is 0 Å². The van der Waals surface area contributed by atoms with Crippen LogP contribution in [-0.4, -0.2) is 42.5 Å². The van der Waals surface area contributed by atoms with E-state index in [0.717, 1.165) is 13.0 Å². The third-order valence-corrected chi connectivity index (χ3v) is 2.43. The van der Waals surface area contributed by atoms with Gasteiger partial charge in [0.05, 0.1) is 6.61 Å². The van der Waals surface area contributed by atoms with E-state index in [4.69, 9.17) is 9.84 Å². The molecule has 3 heteroatoms. The van der Waals surface area contributed by atoms with Crippen molar-refractivity contribution in [3.05, 3.63) is 0 Å². The summed E-state index contributed by atoms with van der Waals surface area (Å²) >= 11 is 0. The first-order valence-corrected chi connectivity index (χ1v) is 5.31. The van der Waals surface area contributed by atoms with Gasteiger partial charge in [0.15, 0.2) is 6.29 Å². The fraction of sp³-hybridized carbons (Fsp3) is 1.00. The zero-order valence-corrected chi connectivity index (χ0v) is 8.54. The monoisotopic (exact) mass is 187 g/mol. The van der Waals surface area contributed by atoms with E-state index >= 15 is 0 Å². The van der Waals surface area contributed by atoms with Crippen LogP contribution in [0.3, 0.4) is 0 Å². The number of piperidine rings is 1. The number of likely N-dealkylation sites (tertiary alicyclic amines) is 1. The van der Waals surface area contributed by atoms with Gasteiger partial charge in [0, 0.05) is 6.54 Å². The lowest BCUT2D eigenvalue weighted by Gasteiger charge is -2.26. The Kier molecular flexibility index (Phi) is 5.35. The molecule has 1 aliphatic heterocycles. The highest BCUT2D eigenvalue weighted by molar-refractivity contribution is 4.63. The molecule has 13 heavy (non-hydrogen) atoms. The number of ether oxygens (including phenoxy) is 1. The molecule has 1 N–H and O–H groups in total. The molecule has 0 amide bonds. The van der Waals surface area contributed by atoms with Crippen LogP contribution in [0.4, 0.5) is 0 Å². The Balaban J connectivity index is 1.92. The summed E-state index contributed by atoms with van der Waals surface area (Å²) in [6.07, 6.45) is 4.50. The van der Waals surface area contributed by atoms with E-state index in [9.17, 15) is 0 Å². The largest absolute Gasteiger partial charge is 0.368 e. The Morgan fingerprint density at radius 3 is 2.62 bits per heavy atom. The Morgan fingerprint density at radius 1 is 1.31 bits per heavy atom. The van der Waals surface area contributed by atoms with E-state index in [2.05, 4.69) is 4.90 Å². The molecular weight excluding hydrogens is 166 g/mol. The van der Waals surface area contributed by atoms with E-state index in [1.165, 1.54) is 32.4 Å². The van der Waals surface area contributed by atoms with Gasteiger partial charge in [-0.2, -0.15) is 0 Å². The molecule has 0 spiro atoms. The van der Waals surface area contributed by atoms with E-state index in [0.29, 0.717) is 6.61 Å². The molecule has 1 atom stereocenters. The van der Waals surface area contributed by atoms with Gasteiger partial charge in [-0.05, 0) is 39.3 Å². The van der Waals surface area contributed by atoms with Gasteiger partial charge in [0.2, 0.25) is 0 Å². The summed E-state index contributed by atoms with van der Waals surface area (Å²) in [7, 11) is 0. The van der Waals surface area contributed by atoms with Crippen molar-refractivity contribution < 1.29 is 9.84 Å². The molecule has 1 saturated heterocycles. The molecule has 0 aromatic heterocycles. The first-order valence-electron chi connectivity index (χ1n) is 5.31. The van der Waals surface area contributed by atoms with Crippen molar-refractivity contribution in [2.75, 3.05) is 26.2 Å². The quantitative estimate of drug-likeness (QED) is 0.519. The van der Waals surface area contributed by atoms with Crippen LogP contribution in [0.2, 0.25) is 0 Å². The van der Waals surface area contributed by atoms with Gasteiger partial charge >= 0.3 is 0 Å². The summed E-state index contributed by atoms with van der Waals surface area (Å²) in [5, 5.41) is 8.85. The van der Waals surface area contributed by atoms with Crippen molar-refractivity contribution in [3.63, 3.8) is 0 Å². The second-order valence-electron chi connectivity index (χ2n) is 3.73. The lowest BCUT2D eigenvalue weighted by atomic mass is 10.1. The summed E-state index contributed by atoms with van der Waals surface area (Å²) in [6.45, 7) is 5.94. The zero-order chi connectivity index (χ0) is 9.52. The number of nitrogens with zero attached hydrogens (tertiary/aromatic N) is 1. The molecule has 1 rings (SSSR count). The van der Waals surface area contributed by atoms with Crippen molar-refractivity contribution >= 4 is 0 Å². The van der Waals surface area contributed by atoms with E-state index in [-0.39, 0.29) is 0 Å². The van der Waals surface area contributed by atoms with Crippen LogP contribution in [0, 0.1) is 0 Å². The SMILES string of the molecule is CC(O)OCCCN1CCCCC1. The fourth-order valence-corrected chi connectivity index (χ4v) is 1.73. The molecule has 1 unspecified atom stereocenters. The van der Waals surface area contributed by atoms with Crippen LogP contribution in [0.1, 0.15) is 32.6 Å². The highest BCUT2D eigenvalue weighted by Crippen LogP contribution is 2.08. The number of aliphatic hydroxyl groups excluding tert-OH is 1. The Labute approximate surface area is 80.7 Å². The molecule has 0 bridgehead atoms. The minimum Gasteiger partial charge on any atom is -0.368 e. The van der Waals surface area contributed by atoms with Crippen molar-refractivity contribution in [1.29, 1.82) is 0 Å². The Hall–Kier alpha value is -0.120. The number of aliphatic hydroxyl groups is 1. The molecule has 1 heterocycles. The third kappa shape index (κ3) is 5.24. The lowest BCUT2D eigenvalue weighted by molar-refractivity contribution is -0.0868. The van der Waals surface area contributed by atoms with Crippen LogP contribution in [-0.2, 0) is 4.74 Å². The molecule has 1 aliphatic rings. The summed E-state index contributed by atoms with van der Waals surface area (Å²) in [5.74, 6) is 0. The van der Waals surface area contributed by atoms with Crippen molar-refractivity contribution in [3.8, 4) is 0 Å². The van der Waals surface area contributed by atoms with Crippen LogP contribution < -0.4 is 0 Å². The van der Waals surface area contributed by atoms with Crippen molar-refractivity contribution in [2.24, 2.45) is 0 Å². The summed E-state index contributed by atoms with van der Waals surface area (Å²) in [4.78, 5) is 2.48. The van der Waals surface area contributed by atoms with Crippen LogP contribution in [0.25, 0.3) is 0 Å². The standard InChI is InChI=1S/C10H21NO2/c1-10(12)13-9-5-8-11-6-3-2-4-7-11/h10,12H,2-9H2,1H3. The fourth-order valence-electron chi connectivity index (χ4n) is 1.73. The number of hydrogen-bond acceptors (Lipinski definition) is 3. The van der Waals surface area contributed by atoms with Crippen molar-refractivity contribution in [1.82, 2.24) is 4.90 Å². The minimum atomic E-state index is -0.610. The second kappa shape index (κ2) is 6.35. The van der Waals surface area contributed by atoms with E-state index in [1.54, 1.807) is 6.92 Å². The van der Waals surface area contributed by atoms with Crippen LogP contribution >= 0.6 is 0 Å². The molecule has 0 aromatic carbocycles. The lowest BCUT2D eigenvalue weighted by Crippen LogP contribution is -2.31. The average Bonchev–Trinajstić information content (AvgIpc) is 2.14. The normalized spacial score (nSPS) is 21.7. The molecule has 0 radical (unpaired) electrons. The minimum absolute atomic E-state index is 0.610. The maximum atomic E-state index is 8.85. The maximum absolute atomic E-state index is 8.85. The first-order chi connectivity index (χ1) is 6.29. The van der Waals surface area contributed by atoms with Gasteiger partial charge < -0.3 is 14.7 Å². The predicted octanol–water partition coefficient (Wildman–Crippen LogP) is 1.22. The van der Waals surface area contributed by atoms with Gasteiger partial charge in [-0.25, -0.2) is 0 Å². The molecule has 0 saturated carbocycles. The summed E-state index contributed by atoms with van der Waals surface area (Å²) < 4.78 is 5.06. The van der Waals surface area contributed by atoms with Crippen LogP contribution in [0.5, 0.6) is 0 Å². The highest BCUT2D eigenvalue weighted by atomic mass is 16.6. The van der Waals surface area contributed by atoms with Gasteiger partial charge in [-0.1, -0.05) is 6.42 Å². The summed E-state index contributed by atoms with van der Waals surface area (Å²) in [6, 6.07) is 0.